The molecular weight excluding hydrogens is 444 g/mol. The summed E-state index contributed by atoms with van der Waals surface area (Å²) in [7, 11) is 2.39. The standard InChI is InChI=1S/C13H15NO5.C11H15NO3/c1-18-11(15)8-10(13(17)19-2)14-12(16)9-6-4-3-5-7-9;13-7-6-10(8-14)12-11(15)9-4-2-1-3-5-9/h3-7,10H,8H2,1-2H3,(H,14,16);1-5,10,13-14H,6-8H2,(H,12,15)/t2*10-/m00/s1. The normalized spacial score (nSPS) is 11.6. The van der Waals surface area contributed by atoms with Crippen LogP contribution >= 0.6 is 0 Å². The van der Waals surface area contributed by atoms with Crippen molar-refractivity contribution in [3.8, 4) is 0 Å². The first-order chi connectivity index (χ1) is 16.4. The van der Waals surface area contributed by atoms with E-state index in [1.807, 2.05) is 6.07 Å². The number of rotatable bonds is 10. The van der Waals surface area contributed by atoms with Crippen LogP contribution in [0.4, 0.5) is 0 Å². The molecule has 10 heteroatoms. The Bertz CT molecular complexity index is 906. The number of hydrogen-bond acceptors (Lipinski definition) is 8. The lowest BCUT2D eigenvalue weighted by atomic mass is 10.1. The summed E-state index contributed by atoms with van der Waals surface area (Å²) in [6.07, 6.45) is 0.0802. The molecule has 0 heterocycles. The minimum Gasteiger partial charge on any atom is -0.469 e. The zero-order chi connectivity index (χ0) is 25.3. The lowest BCUT2D eigenvalue weighted by molar-refractivity contribution is -0.149. The quantitative estimate of drug-likeness (QED) is 0.367. The Hall–Kier alpha value is -3.76. The van der Waals surface area contributed by atoms with E-state index < -0.39 is 23.9 Å². The monoisotopic (exact) mass is 474 g/mol. The van der Waals surface area contributed by atoms with Gasteiger partial charge in [-0.2, -0.15) is 0 Å². The molecule has 0 spiro atoms. The number of esters is 2. The number of nitrogens with one attached hydrogen (secondary N) is 2. The van der Waals surface area contributed by atoms with Crippen molar-refractivity contribution in [1.29, 1.82) is 0 Å². The predicted molar refractivity (Wildman–Crippen MR) is 123 cm³/mol. The van der Waals surface area contributed by atoms with Crippen LogP contribution in [0.2, 0.25) is 0 Å². The summed E-state index contributed by atoms with van der Waals surface area (Å²) in [4.78, 5) is 46.1. The molecule has 0 aliphatic rings. The molecule has 0 bridgehead atoms. The van der Waals surface area contributed by atoms with Gasteiger partial charge in [-0.1, -0.05) is 36.4 Å². The number of methoxy groups -OCH3 is 2. The second-order valence-corrected chi connectivity index (χ2v) is 6.93. The summed E-state index contributed by atoms with van der Waals surface area (Å²) in [5.41, 5.74) is 0.940. The average molecular weight is 475 g/mol. The minimum atomic E-state index is -1.06. The van der Waals surface area contributed by atoms with Gasteiger partial charge in [0.1, 0.15) is 6.04 Å². The van der Waals surface area contributed by atoms with E-state index in [-0.39, 0.29) is 31.6 Å². The van der Waals surface area contributed by atoms with Gasteiger partial charge in [-0.3, -0.25) is 14.4 Å². The number of amides is 2. The molecule has 0 unspecified atom stereocenters. The largest absolute Gasteiger partial charge is 0.469 e. The molecule has 0 aliphatic heterocycles. The topological polar surface area (TPSA) is 151 Å². The fourth-order valence-electron chi connectivity index (χ4n) is 2.64. The number of carbonyl (C=O) groups is 4. The Morgan fingerprint density at radius 2 is 1.29 bits per heavy atom. The average Bonchev–Trinajstić information content (AvgIpc) is 2.88. The lowest BCUT2D eigenvalue weighted by Crippen LogP contribution is -2.43. The van der Waals surface area contributed by atoms with Gasteiger partial charge in [-0.25, -0.2) is 4.79 Å². The van der Waals surface area contributed by atoms with E-state index in [1.165, 1.54) is 14.2 Å². The third kappa shape index (κ3) is 10.2. The zero-order valence-corrected chi connectivity index (χ0v) is 19.1. The summed E-state index contributed by atoms with van der Waals surface area (Å²) < 4.78 is 9.00. The smallest absolute Gasteiger partial charge is 0.328 e. The molecule has 184 valence electrons. The van der Waals surface area contributed by atoms with E-state index in [2.05, 4.69) is 20.1 Å². The van der Waals surface area contributed by atoms with Crippen LogP contribution in [-0.4, -0.2) is 73.5 Å². The van der Waals surface area contributed by atoms with Crippen LogP contribution in [0.1, 0.15) is 33.6 Å². The maximum Gasteiger partial charge on any atom is 0.328 e. The second-order valence-electron chi connectivity index (χ2n) is 6.93. The Labute approximate surface area is 197 Å². The Morgan fingerprint density at radius 1 is 0.794 bits per heavy atom. The van der Waals surface area contributed by atoms with Crippen LogP contribution in [0.5, 0.6) is 0 Å². The van der Waals surface area contributed by atoms with Gasteiger partial charge in [0.15, 0.2) is 0 Å². The van der Waals surface area contributed by atoms with Gasteiger partial charge >= 0.3 is 11.9 Å². The summed E-state index contributed by atoms with van der Waals surface area (Å²) in [6, 6.07) is 15.7. The molecular formula is C24H30N2O8. The molecule has 0 aromatic heterocycles. The van der Waals surface area contributed by atoms with Crippen molar-refractivity contribution in [2.24, 2.45) is 0 Å². The molecule has 0 aliphatic carbocycles. The van der Waals surface area contributed by atoms with Crippen molar-refractivity contribution in [3.63, 3.8) is 0 Å². The van der Waals surface area contributed by atoms with Gasteiger partial charge in [-0.15, -0.1) is 0 Å². The third-order valence-corrected chi connectivity index (χ3v) is 4.49. The van der Waals surface area contributed by atoms with Gasteiger partial charge < -0.3 is 30.3 Å². The van der Waals surface area contributed by atoms with Crippen molar-refractivity contribution in [2.45, 2.75) is 24.9 Å². The highest BCUT2D eigenvalue weighted by atomic mass is 16.5. The number of aliphatic hydroxyl groups excluding tert-OH is 2. The van der Waals surface area contributed by atoms with E-state index >= 15 is 0 Å². The number of ether oxygens (including phenoxy) is 2. The minimum absolute atomic E-state index is 0.0553. The van der Waals surface area contributed by atoms with Crippen LogP contribution < -0.4 is 10.6 Å². The molecule has 2 atom stereocenters. The summed E-state index contributed by atoms with van der Waals surface area (Å²) in [6.45, 7) is -0.223. The van der Waals surface area contributed by atoms with Gasteiger partial charge in [0.05, 0.1) is 33.3 Å². The van der Waals surface area contributed by atoms with E-state index in [1.54, 1.807) is 54.6 Å². The first kappa shape index (κ1) is 28.3. The van der Waals surface area contributed by atoms with Gasteiger partial charge in [0.25, 0.3) is 11.8 Å². The fourth-order valence-corrected chi connectivity index (χ4v) is 2.64. The first-order valence-corrected chi connectivity index (χ1v) is 10.4. The number of benzene rings is 2. The number of hydrogen-bond donors (Lipinski definition) is 4. The fraction of sp³-hybridized carbons (Fsp3) is 0.333. The van der Waals surface area contributed by atoms with Crippen molar-refractivity contribution in [3.05, 3.63) is 71.8 Å². The first-order valence-electron chi connectivity index (χ1n) is 10.4. The van der Waals surface area contributed by atoms with Crippen LogP contribution in [-0.2, 0) is 19.1 Å². The van der Waals surface area contributed by atoms with Crippen LogP contribution in [0.3, 0.4) is 0 Å². The highest BCUT2D eigenvalue weighted by Crippen LogP contribution is 2.03. The molecule has 2 amide bonds. The van der Waals surface area contributed by atoms with Crippen LogP contribution in [0.15, 0.2) is 60.7 Å². The molecule has 0 saturated carbocycles. The SMILES string of the molecule is COC(=O)C[C@H](NC(=O)c1ccccc1)C(=O)OC.O=C(N[C@H](CO)CCO)c1ccccc1. The van der Waals surface area contributed by atoms with Crippen LogP contribution in [0.25, 0.3) is 0 Å². The van der Waals surface area contributed by atoms with Gasteiger partial charge in [0, 0.05) is 17.7 Å². The molecule has 0 saturated heterocycles. The maximum absolute atomic E-state index is 11.9. The Kier molecular flexibility index (Phi) is 13.3. The molecule has 0 fully saturated rings. The van der Waals surface area contributed by atoms with Crippen molar-refractivity contribution >= 4 is 23.8 Å². The Balaban J connectivity index is 0.000000350. The molecule has 34 heavy (non-hydrogen) atoms. The van der Waals surface area contributed by atoms with E-state index in [0.717, 1.165) is 0 Å². The van der Waals surface area contributed by atoms with Gasteiger partial charge in [-0.05, 0) is 30.7 Å². The highest BCUT2D eigenvalue weighted by Gasteiger charge is 2.25. The van der Waals surface area contributed by atoms with E-state index in [0.29, 0.717) is 17.5 Å². The zero-order valence-electron chi connectivity index (χ0n) is 19.1. The van der Waals surface area contributed by atoms with Gasteiger partial charge in [0.2, 0.25) is 0 Å². The van der Waals surface area contributed by atoms with Crippen molar-refractivity contribution < 1.29 is 38.9 Å². The highest BCUT2D eigenvalue weighted by molar-refractivity contribution is 5.97. The summed E-state index contributed by atoms with van der Waals surface area (Å²) >= 11 is 0. The molecule has 10 nitrogen and oxygen atoms in total. The van der Waals surface area contributed by atoms with E-state index in [4.69, 9.17) is 10.2 Å². The number of aliphatic hydroxyl groups is 2. The Morgan fingerprint density at radius 3 is 1.71 bits per heavy atom. The van der Waals surface area contributed by atoms with Crippen LogP contribution in [0, 0.1) is 0 Å². The third-order valence-electron chi connectivity index (χ3n) is 4.49. The van der Waals surface area contributed by atoms with E-state index in [9.17, 15) is 19.2 Å². The molecule has 4 N–H and O–H groups in total. The second kappa shape index (κ2) is 15.9. The molecule has 2 aromatic rings. The van der Waals surface area contributed by atoms with Crippen molar-refractivity contribution in [2.75, 3.05) is 27.4 Å². The molecule has 2 aromatic carbocycles. The molecule has 2 rings (SSSR count). The summed E-state index contributed by atoms with van der Waals surface area (Å²) in [5, 5.41) is 22.7. The summed E-state index contributed by atoms with van der Waals surface area (Å²) in [5.74, 6) is -2.00. The number of carbonyl (C=O) groups excluding carboxylic acids is 4. The van der Waals surface area contributed by atoms with Crippen molar-refractivity contribution in [1.82, 2.24) is 10.6 Å². The molecule has 0 radical (unpaired) electrons. The maximum atomic E-state index is 11.9. The predicted octanol–water partition coefficient (Wildman–Crippen LogP) is 0.681. The lowest BCUT2D eigenvalue weighted by Gasteiger charge is -2.15.